The molecule has 0 bridgehead atoms. The highest BCUT2D eigenvalue weighted by Crippen LogP contribution is 2.23. The van der Waals surface area contributed by atoms with E-state index in [4.69, 9.17) is 16.0 Å². The molecule has 1 N–H and O–H groups in total. The molecule has 3 rings (SSSR count). The van der Waals surface area contributed by atoms with Gasteiger partial charge in [0.15, 0.2) is 5.16 Å². The van der Waals surface area contributed by atoms with E-state index in [1.165, 1.54) is 18.1 Å². The first-order valence-electron chi connectivity index (χ1n) is 5.38. The van der Waals surface area contributed by atoms with E-state index < -0.39 is 0 Å². The third-order valence-corrected chi connectivity index (χ3v) is 3.36. The van der Waals surface area contributed by atoms with Crippen molar-refractivity contribution in [2.24, 2.45) is 0 Å². The number of nitrogens with zero attached hydrogens (tertiary/aromatic N) is 4. The summed E-state index contributed by atoms with van der Waals surface area (Å²) in [5.41, 5.74) is 0.802. The lowest BCUT2D eigenvalue weighted by Gasteiger charge is -1.95. The normalized spacial score (nSPS) is 10.8. The van der Waals surface area contributed by atoms with Crippen molar-refractivity contribution in [3.8, 4) is 11.5 Å². The van der Waals surface area contributed by atoms with Crippen molar-refractivity contribution < 1.29 is 4.42 Å². The first-order valence-corrected chi connectivity index (χ1v) is 6.74. The van der Waals surface area contributed by atoms with Crippen LogP contribution in [0.1, 0.15) is 5.89 Å². The molecule has 0 spiro atoms. The van der Waals surface area contributed by atoms with E-state index in [0.717, 1.165) is 5.56 Å². The fourth-order valence-electron chi connectivity index (χ4n) is 1.44. The monoisotopic (exact) mass is 293 g/mol. The van der Waals surface area contributed by atoms with Gasteiger partial charge < -0.3 is 4.42 Å². The van der Waals surface area contributed by atoms with E-state index in [9.17, 15) is 0 Å². The minimum atomic E-state index is 0.454. The molecule has 0 fully saturated rings. The van der Waals surface area contributed by atoms with E-state index in [0.29, 0.717) is 27.7 Å². The molecule has 0 aliphatic carbocycles. The molecular formula is C11H8ClN5OS. The van der Waals surface area contributed by atoms with Crippen LogP contribution in [0, 0.1) is 0 Å². The Balaban J connectivity index is 1.72. The highest BCUT2D eigenvalue weighted by molar-refractivity contribution is 7.98. The highest BCUT2D eigenvalue weighted by Gasteiger charge is 2.09. The first kappa shape index (κ1) is 12.2. The van der Waals surface area contributed by atoms with E-state index in [1.807, 2.05) is 12.1 Å². The number of thioether (sulfide) groups is 1. The summed E-state index contributed by atoms with van der Waals surface area (Å²) in [5.74, 6) is 1.51. The zero-order valence-corrected chi connectivity index (χ0v) is 11.1. The molecule has 6 nitrogen and oxygen atoms in total. The van der Waals surface area contributed by atoms with Gasteiger partial charge in [-0.15, -0.1) is 10.2 Å². The summed E-state index contributed by atoms with van der Waals surface area (Å²) in [7, 11) is 0. The minimum Gasteiger partial charge on any atom is -0.420 e. The van der Waals surface area contributed by atoms with Crippen LogP contribution in [-0.4, -0.2) is 25.4 Å². The van der Waals surface area contributed by atoms with Crippen LogP contribution in [0.25, 0.3) is 11.5 Å². The van der Waals surface area contributed by atoms with Gasteiger partial charge in [0.05, 0.1) is 5.75 Å². The van der Waals surface area contributed by atoms with Crippen LogP contribution in [0.2, 0.25) is 5.02 Å². The number of rotatable bonds is 4. The third kappa shape index (κ3) is 2.94. The molecule has 8 heteroatoms. The van der Waals surface area contributed by atoms with Gasteiger partial charge in [0.1, 0.15) is 6.33 Å². The van der Waals surface area contributed by atoms with Crippen molar-refractivity contribution in [1.29, 1.82) is 0 Å². The summed E-state index contributed by atoms with van der Waals surface area (Å²) in [4.78, 5) is 4.00. The second-order valence-corrected chi connectivity index (χ2v) is 4.99. The van der Waals surface area contributed by atoms with Gasteiger partial charge in [-0.1, -0.05) is 29.4 Å². The van der Waals surface area contributed by atoms with Gasteiger partial charge >= 0.3 is 0 Å². The summed E-state index contributed by atoms with van der Waals surface area (Å²) in [6.45, 7) is 0. The summed E-state index contributed by atoms with van der Waals surface area (Å²) in [6, 6.07) is 7.28. The Kier molecular flexibility index (Phi) is 3.47. The van der Waals surface area contributed by atoms with Gasteiger partial charge in [-0.05, 0) is 18.2 Å². The van der Waals surface area contributed by atoms with E-state index in [-0.39, 0.29) is 0 Å². The van der Waals surface area contributed by atoms with Crippen molar-refractivity contribution >= 4 is 23.4 Å². The van der Waals surface area contributed by atoms with E-state index in [2.05, 4.69) is 25.4 Å². The number of aromatic amines is 1. The molecule has 19 heavy (non-hydrogen) atoms. The topological polar surface area (TPSA) is 80.5 Å². The van der Waals surface area contributed by atoms with Gasteiger partial charge in [0.25, 0.3) is 0 Å². The van der Waals surface area contributed by atoms with Gasteiger partial charge in [0.2, 0.25) is 11.8 Å². The Hall–Kier alpha value is -1.86. The molecule has 0 saturated heterocycles. The Morgan fingerprint density at radius 1 is 1.32 bits per heavy atom. The summed E-state index contributed by atoms with van der Waals surface area (Å²) >= 11 is 7.36. The third-order valence-electron chi connectivity index (χ3n) is 2.26. The average molecular weight is 294 g/mol. The minimum absolute atomic E-state index is 0.454. The predicted octanol–water partition coefficient (Wildman–Crippen LogP) is 2.80. The van der Waals surface area contributed by atoms with Gasteiger partial charge in [-0.25, -0.2) is 4.98 Å². The van der Waals surface area contributed by atoms with Crippen molar-refractivity contribution in [2.45, 2.75) is 10.9 Å². The molecule has 0 amide bonds. The van der Waals surface area contributed by atoms with Crippen LogP contribution in [-0.2, 0) is 5.75 Å². The Morgan fingerprint density at radius 3 is 3.05 bits per heavy atom. The number of H-pyrrole nitrogens is 1. The zero-order valence-electron chi connectivity index (χ0n) is 9.58. The molecule has 96 valence electrons. The van der Waals surface area contributed by atoms with Crippen LogP contribution in [0.4, 0.5) is 0 Å². The maximum Gasteiger partial charge on any atom is 0.247 e. The Labute approximate surface area is 117 Å². The molecule has 2 heterocycles. The molecule has 0 aliphatic rings. The van der Waals surface area contributed by atoms with E-state index in [1.54, 1.807) is 12.1 Å². The summed E-state index contributed by atoms with van der Waals surface area (Å²) in [6.07, 6.45) is 1.45. The fraction of sp³-hybridized carbons (Fsp3) is 0.0909. The number of halogens is 1. The highest BCUT2D eigenvalue weighted by atomic mass is 35.5. The fourth-order valence-corrected chi connectivity index (χ4v) is 2.25. The molecular weight excluding hydrogens is 286 g/mol. The van der Waals surface area contributed by atoms with Crippen molar-refractivity contribution in [3.63, 3.8) is 0 Å². The van der Waals surface area contributed by atoms with Gasteiger partial charge in [0, 0.05) is 10.6 Å². The average Bonchev–Trinajstić information content (AvgIpc) is 3.08. The lowest BCUT2D eigenvalue weighted by Crippen LogP contribution is -1.81. The SMILES string of the molecule is Clc1cccc(-c2nnc(CSc3ncn[nH]3)o2)c1. The smallest absolute Gasteiger partial charge is 0.247 e. The number of hydrogen-bond acceptors (Lipinski definition) is 6. The molecule has 0 unspecified atom stereocenters. The van der Waals surface area contributed by atoms with Crippen LogP contribution < -0.4 is 0 Å². The molecule has 3 aromatic rings. The second-order valence-electron chi connectivity index (χ2n) is 3.59. The lowest BCUT2D eigenvalue weighted by atomic mass is 10.2. The maximum absolute atomic E-state index is 5.92. The van der Waals surface area contributed by atoms with Crippen LogP contribution in [0.5, 0.6) is 0 Å². The standard InChI is InChI=1S/C11H8ClN5OS/c12-8-3-1-2-7(4-8)10-16-15-9(18-10)5-19-11-13-6-14-17-11/h1-4,6H,5H2,(H,13,14,17). The predicted molar refractivity (Wildman–Crippen MR) is 70.7 cm³/mol. The number of aromatic nitrogens is 5. The molecule has 0 radical (unpaired) electrons. The van der Waals surface area contributed by atoms with Crippen LogP contribution in [0.15, 0.2) is 40.2 Å². The van der Waals surface area contributed by atoms with Gasteiger partial charge in [-0.2, -0.15) is 5.10 Å². The molecule has 0 aliphatic heterocycles. The van der Waals surface area contributed by atoms with Crippen molar-refractivity contribution in [2.75, 3.05) is 0 Å². The van der Waals surface area contributed by atoms with Crippen LogP contribution in [0.3, 0.4) is 0 Å². The molecule has 0 saturated carbocycles. The number of nitrogens with one attached hydrogen (secondary N) is 1. The molecule has 0 atom stereocenters. The largest absolute Gasteiger partial charge is 0.420 e. The van der Waals surface area contributed by atoms with Crippen molar-refractivity contribution in [1.82, 2.24) is 25.4 Å². The molecule has 1 aromatic carbocycles. The van der Waals surface area contributed by atoms with Gasteiger partial charge in [-0.3, -0.25) is 5.10 Å². The van der Waals surface area contributed by atoms with Crippen molar-refractivity contribution in [3.05, 3.63) is 41.5 Å². The Bertz CT molecular complexity index is 669. The summed E-state index contributed by atoms with van der Waals surface area (Å²) < 4.78 is 5.56. The zero-order chi connectivity index (χ0) is 13.1. The van der Waals surface area contributed by atoms with E-state index >= 15 is 0 Å². The first-order chi connectivity index (χ1) is 9.31. The maximum atomic E-state index is 5.92. The number of hydrogen-bond donors (Lipinski definition) is 1. The summed E-state index contributed by atoms with van der Waals surface area (Å²) in [5, 5.41) is 15.8. The Morgan fingerprint density at radius 2 is 2.26 bits per heavy atom. The van der Waals surface area contributed by atoms with Crippen LogP contribution >= 0.6 is 23.4 Å². The molecule has 2 aromatic heterocycles. The second kappa shape index (κ2) is 5.41. The lowest BCUT2D eigenvalue weighted by molar-refractivity contribution is 0.528. The quantitative estimate of drug-likeness (QED) is 0.745. The number of benzene rings is 1.